The lowest BCUT2D eigenvalue weighted by Gasteiger charge is -2.27. The maximum atomic E-state index is 12.0. The van der Waals surface area contributed by atoms with Gasteiger partial charge in [-0.2, -0.15) is 0 Å². The molecule has 156 valence electrons. The van der Waals surface area contributed by atoms with Gasteiger partial charge < -0.3 is 15.5 Å². The van der Waals surface area contributed by atoms with Gasteiger partial charge in [0.2, 0.25) is 0 Å². The van der Waals surface area contributed by atoms with Crippen LogP contribution in [0.4, 0.5) is 0 Å². The summed E-state index contributed by atoms with van der Waals surface area (Å²) in [7, 11) is 3.50. The fraction of sp³-hybridized carbons (Fsp3) is 0.391. The van der Waals surface area contributed by atoms with Crippen molar-refractivity contribution < 1.29 is 4.79 Å². The van der Waals surface area contributed by atoms with Crippen LogP contribution in [0.1, 0.15) is 42.3 Å². The average Bonchev–Trinajstić information content (AvgIpc) is 2.70. The molecule has 0 aliphatic rings. The highest BCUT2D eigenvalue weighted by Crippen LogP contribution is 2.24. The van der Waals surface area contributed by atoms with Crippen molar-refractivity contribution >= 4 is 23.5 Å². The van der Waals surface area contributed by atoms with E-state index in [1.165, 1.54) is 5.56 Å². The number of aliphatic imine (C=N–C) groups is 1. The van der Waals surface area contributed by atoms with Gasteiger partial charge in [0.05, 0.1) is 6.54 Å². The third kappa shape index (κ3) is 6.79. The first-order valence-electron chi connectivity index (χ1n) is 9.82. The summed E-state index contributed by atoms with van der Waals surface area (Å²) < 4.78 is 0. The van der Waals surface area contributed by atoms with Crippen LogP contribution >= 0.6 is 11.6 Å². The van der Waals surface area contributed by atoms with Crippen LogP contribution in [0, 0.1) is 0 Å². The van der Waals surface area contributed by atoms with Gasteiger partial charge in [-0.05, 0) is 42.3 Å². The van der Waals surface area contributed by atoms with Crippen molar-refractivity contribution in [2.24, 2.45) is 4.99 Å². The Kier molecular flexibility index (Phi) is 8.09. The molecule has 0 aromatic heterocycles. The van der Waals surface area contributed by atoms with E-state index in [4.69, 9.17) is 11.6 Å². The Bertz CT molecular complexity index is 844. The molecule has 1 amide bonds. The molecule has 2 aromatic rings. The molecule has 0 bridgehead atoms. The molecule has 0 saturated heterocycles. The normalized spacial score (nSPS) is 11.9. The number of nitrogens with one attached hydrogen (secondary N) is 2. The largest absolute Gasteiger partial charge is 0.357 e. The van der Waals surface area contributed by atoms with E-state index in [2.05, 4.69) is 35.5 Å². The Morgan fingerprint density at radius 1 is 1.10 bits per heavy atom. The first-order chi connectivity index (χ1) is 13.7. The SMILES string of the molecule is CCNC(=NCc1ccc(C(=O)N(C)C)cc1)NCC(C)(C)c1cccc(Cl)c1. The lowest BCUT2D eigenvalue weighted by molar-refractivity contribution is 0.0827. The number of halogens is 1. The number of rotatable bonds is 7. The van der Waals surface area contributed by atoms with Gasteiger partial charge in [-0.25, -0.2) is 4.99 Å². The van der Waals surface area contributed by atoms with Crippen molar-refractivity contribution in [1.82, 2.24) is 15.5 Å². The summed E-state index contributed by atoms with van der Waals surface area (Å²) in [4.78, 5) is 18.2. The third-order valence-corrected chi connectivity index (χ3v) is 4.91. The molecule has 0 aliphatic carbocycles. The highest BCUT2D eigenvalue weighted by Gasteiger charge is 2.21. The number of carbonyl (C=O) groups is 1. The van der Waals surface area contributed by atoms with E-state index >= 15 is 0 Å². The number of amides is 1. The van der Waals surface area contributed by atoms with Crippen LogP contribution in [0.5, 0.6) is 0 Å². The molecule has 2 rings (SSSR count). The van der Waals surface area contributed by atoms with Gasteiger partial charge in [0.25, 0.3) is 5.91 Å². The Morgan fingerprint density at radius 2 is 1.79 bits per heavy atom. The zero-order valence-corrected chi connectivity index (χ0v) is 18.7. The minimum absolute atomic E-state index is 0.00157. The number of hydrogen-bond donors (Lipinski definition) is 2. The van der Waals surface area contributed by atoms with Crippen LogP contribution in [0.3, 0.4) is 0 Å². The molecule has 2 aromatic carbocycles. The van der Waals surface area contributed by atoms with Gasteiger partial charge in [0.15, 0.2) is 5.96 Å². The molecule has 0 atom stereocenters. The number of hydrogen-bond acceptors (Lipinski definition) is 2. The molecule has 0 radical (unpaired) electrons. The predicted molar refractivity (Wildman–Crippen MR) is 122 cm³/mol. The quantitative estimate of drug-likeness (QED) is 0.530. The minimum atomic E-state index is -0.102. The highest BCUT2D eigenvalue weighted by molar-refractivity contribution is 6.30. The first kappa shape index (κ1) is 22.8. The lowest BCUT2D eigenvalue weighted by Crippen LogP contribution is -2.43. The van der Waals surface area contributed by atoms with Crippen LogP contribution in [-0.4, -0.2) is 44.0 Å². The molecule has 2 N–H and O–H groups in total. The topological polar surface area (TPSA) is 56.7 Å². The molecule has 0 saturated carbocycles. The Labute approximate surface area is 179 Å². The Balaban J connectivity index is 2.03. The number of nitrogens with zero attached hydrogens (tertiary/aromatic N) is 2. The van der Waals surface area contributed by atoms with Crippen molar-refractivity contribution in [2.45, 2.75) is 32.7 Å². The van der Waals surface area contributed by atoms with E-state index in [0.29, 0.717) is 12.1 Å². The summed E-state index contributed by atoms with van der Waals surface area (Å²) in [5.41, 5.74) is 2.80. The van der Waals surface area contributed by atoms with Crippen LogP contribution in [-0.2, 0) is 12.0 Å². The van der Waals surface area contributed by atoms with Crippen LogP contribution in [0.25, 0.3) is 0 Å². The predicted octanol–water partition coefficient (Wildman–Crippen LogP) is 4.07. The van der Waals surface area contributed by atoms with E-state index in [1.807, 2.05) is 49.4 Å². The summed E-state index contributed by atoms with van der Waals surface area (Å²) in [5, 5.41) is 7.46. The maximum Gasteiger partial charge on any atom is 0.253 e. The third-order valence-electron chi connectivity index (χ3n) is 4.67. The molecule has 0 aliphatic heterocycles. The maximum absolute atomic E-state index is 12.0. The fourth-order valence-corrected chi connectivity index (χ4v) is 3.03. The molecule has 0 heterocycles. The molecule has 0 fully saturated rings. The second-order valence-electron chi connectivity index (χ2n) is 7.84. The average molecular weight is 415 g/mol. The summed E-state index contributed by atoms with van der Waals surface area (Å²) in [6.45, 7) is 8.42. The van der Waals surface area contributed by atoms with Crippen LogP contribution in [0.15, 0.2) is 53.5 Å². The number of guanidine groups is 1. The molecule has 6 heteroatoms. The van der Waals surface area contributed by atoms with Crippen molar-refractivity contribution in [2.75, 3.05) is 27.2 Å². The second kappa shape index (κ2) is 10.3. The highest BCUT2D eigenvalue weighted by atomic mass is 35.5. The molecule has 0 spiro atoms. The van der Waals surface area contributed by atoms with Crippen molar-refractivity contribution in [1.29, 1.82) is 0 Å². The van der Waals surface area contributed by atoms with Crippen molar-refractivity contribution in [3.8, 4) is 0 Å². The molecule has 29 heavy (non-hydrogen) atoms. The monoisotopic (exact) mass is 414 g/mol. The summed E-state index contributed by atoms with van der Waals surface area (Å²) in [6.07, 6.45) is 0. The van der Waals surface area contributed by atoms with Gasteiger partial charge in [0.1, 0.15) is 0 Å². The van der Waals surface area contributed by atoms with Crippen molar-refractivity contribution in [3.05, 3.63) is 70.2 Å². The van der Waals surface area contributed by atoms with Crippen LogP contribution < -0.4 is 10.6 Å². The Morgan fingerprint density at radius 3 is 2.38 bits per heavy atom. The lowest BCUT2D eigenvalue weighted by atomic mass is 9.84. The second-order valence-corrected chi connectivity index (χ2v) is 8.28. The molecular weight excluding hydrogens is 384 g/mol. The minimum Gasteiger partial charge on any atom is -0.357 e. The fourth-order valence-electron chi connectivity index (χ4n) is 2.84. The van der Waals surface area contributed by atoms with Gasteiger partial charge >= 0.3 is 0 Å². The first-order valence-corrected chi connectivity index (χ1v) is 10.2. The van der Waals surface area contributed by atoms with Crippen LogP contribution in [0.2, 0.25) is 5.02 Å². The number of carbonyl (C=O) groups excluding carboxylic acids is 1. The van der Waals surface area contributed by atoms with E-state index in [1.54, 1.807) is 19.0 Å². The van der Waals surface area contributed by atoms with E-state index in [0.717, 1.165) is 29.6 Å². The van der Waals surface area contributed by atoms with Gasteiger partial charge in [-0.1, -0.05) is 49.7 Å². The van der Waals surface area contributed by atoms with E-state index in [-0.39, 0.29) is 11.3 Å². The molecule has 5 nitrogen and oxygen atoms in total. The van der Waals surface area contributed by atoms with Gasteiger partial charge in [-0.3, -0.25) is 4.79 Å². The zero-order valence-electron chi connectivity index (χ0n) is 17.9. The summed E-state index contributed by atoms with van der Waals surface area (Å²) in [5.74, 6) is 0.759. The van der Waals surface area contributed by atoms with Gasteiger partial charge in [0, 0.05) is 43.2 Å². The zero-order chi connectivity index (χ0) is 21.4. The van der Waals surface area contributed by atoms with Gasteiger partial charge in [-0.15, -0.1) is 0 Å². The smallest absolute Gasteiger partial charge is 0.253 e. The van der Waals surface area contributed by atoms with E-state index < -0.39 is 0 Å². The molecular formula is C23H31ClN4O. The molecule has 0 unspecified atom stereocenters. The standard InChI is InChI=1S/C23H31ClN4O/c1-6-25-22(27-16-23(2,3)19-8-7-9-20(24)14-19)26-15-17-10-12-18(13-11-17)21(29)28(4)5/h7-14H,6,15-16H2,1-5H3,(H2,25,26,27). The Hall–Kier alpha value is -2.53. The van der Waals surface area contributed by atoms with Crippen molar-refractivity contribution in [3.63, 3.8) is 0 Å². The van der Waals surface area contributed by atoms with E-state index in [9.17, 15) is 4.79 Å². The summed E-state index contributed by atoms with van der Waals surface area (Å²) in [6, 6.07) is 15.5. The number of benzene rings is 2. The summed E-state index contributed by atoms with van der Waals surface area (Å²) >= 11 is 6.15.